The first-order valence-electron chi connectivity index (χ1n) is 13.4. The van der Waals surface area contributed by atoms with E-state index in [-0.39, 0.29) is 36.1 Å². The van der Waals surface area contributed by atoms with Gasteiger partial charge in [-0.15, -0.1) is 0 Å². The van der Waals surface area contributed by atoms with E-state index in [4.69, 9.17) is 0 Å². The van der Waals surface area contributed by atoms with Gasteiger partial charge >= 0.3 is 6.18 Å². The molecule has 0 bridgehead atoms. The number of alkyl halides is 3. The molecule has 1 amide bonds. The molecule has 4 aliphatic rings. The van der Waals surface area contributed by atoms with Crippen molar-refractivity contribution >= 4 is 11.7 Å². The lowest BCUT2D eigenvalue weighted by atomic mass is 9.73. The Morgan fingerprint density at radius 2 is 1.84 bits per heavy atom. The largest absolute Gasteiger partial charge is 0.417 e. The molecule has 4 heterocycles. The van der Waals surface area contributed by atoms with Crippen molar-refractivity contribution in [2.45, 2.75) is 70.3 Å². The van der Waals surface area contributed by atoms with Gasteiger partial charge in [0.15, 0.2) is 5.78 Å². The Labute approximate surface area is 215 Å². The topological polar surface area (TPSA) is 53.5 Å². The van der Waals surface area contributed by atoms with Gasteiger partial charge in [0.05, 0.1) is 11.0 Å². The number of nitrogens with zero attached hydrogens (tertiary/aromatic N) is 3. The fraction of sp³-hybridized carbons (Fsp3) is 0.552. The summed E-state index contributed by atoms with van der Waals surface area (Å²) >= 11 is 0. The van der Waals surface area contributed by atoms with Gasteiger partial charge in [-0.3, -0.25) is 14.6 Å². The summed E-state index contributed by atoms with van der Waals surface area (Å²) < 4.78 is 39.7. The maximum Gasteiger partial charge on any atom is 0.417 e. The first kappa shape index (κ1) is 24.6. The van der Waals surface area contributed by atoms with E-state index in [9.17, 15) is 22.8 Å². The number of Topliss-reactive ketones (excluding diaryl/α,β-unsaturated/α-hetero) is 1. The van der Waals surface area contributed by atoms with E-state index in [1.165, 1.54) is 6.07 Å². The van der Waals surface area contributed by atoms with Gasteiger partial charge in [0.1, 0.15) is 0 Å². The van der Waals surface area contributed by atoms with Crippen LogP contribution in [-0.4, -0.2) is 51.6 Å². The number of benzene rings is 1. The summed E-state index contributed by atoms with van der Waals surface area (Å²) in [6.45, 7) is 4.06. The molecule has 2 saturated heterocycles. The average Bonchev–Trinajstić information content (AvgIpc) is 3.44. The first-order valence-corrected chi connectivity index (χ1v) is 13.4. The third-order valence-electron chi connectivity index (χ3n) is 9.66. The van der Waals surface area contributed by atoms with Gasteiger partial charge in [0, 0.05) is 48.4 Å². The number of ketones is 1. The second kappa shape index (κ2) is 8.93. The molecule has 0 N–H and O–H groups in total. The molecule has 1 aliphatic carbocycles. The van der Waals surface area contributed by atoms with Crippen molar-refractivity contribution < 1.29 is 22.8 Å². The monoisotopic (exact) mass is 511 g/mol. The number of halogens is 3. The molecule has 0 radical (unpaired) electrons. The van der Waals surface area contributed by atoms with Crippen molar-refractivity contribution in [1.29, 1.82) is 0 Å². The fourth-order valence-corrected chi connectivity index (χ4v) is 7.47. The first-order chi connectivity index (χ1) is 17.7. The highest BCUT2D eigenvalue weighted by molar-refractivity contribution is 5.97. The number of hydrogen-bond donors (Lipinski definition) is 0. The normalized spacial score (nSPS) is 30.5. The molecular weight excluding hydrogens is 479 g/mol. The SMILES string of the molecule is CC1C2Cc3ncc(C(F)(F)F)cc3CN2C(=O)C12CCC(N1CCC(C(=O)c3ccccc3)CC1)C2. The number of fused-ring (bicyclic) bond motifs is 2. The predicted molar refractivity (Wildman–Crippen MR) is 132 cm³/mol. The van der Waals surface area contributed by atoms with E-state index in [0.29, 0.717) is 23.7 Å². The Bertz CT molecular complexity index is 1210. The second-order valence-electron chi connectivity index (χ2n) is 11.4. The van der Waals surface area contributed by atoms with E-state index in [1.807, 2.05) is 35.2 Å². The molecule has 1 aromatic carbocycles. The van der Waals surface area contributed by atoms with Crippen molar-refractivity contribution in [3.8, 4) is 0 Å². The van der Waals surface area contributed by atoms with Crippen LogP contribution in [0.4, 0.5) is 13.2 Å². The molecule has 6 rings (SSSR count). The molecule has 1 aromatic heterocycles. The second-order valence-corrected chi connectivity index (χ2v) is 11.4. The third-order valence-corrected chi connectivity index (χ3v) is 9.66. The molecule has 4 atom stereocenters. The van der Waals surface area contributed by atoms with Gasteiger partial charge in [0.2, 0.25) is 5.91 Å². The summed E-state index contributed by atoms with van der Waals surface area (Å²) in [6, 6.07) is 10.9. The zero-order valence-electron chi connectivity index (χ0n) is 21.0. The lowest BCUT2D eigenvalue weighted by Gasteiger charge is -2.36. The highest BCUT2D eigenvalue weighted by atomic mass is 19.4. The Morgan fingerprint density at radius 3 is 2.54 bits per heavy atom. The Kier molecular flexibility index (Phi) is 5.93. The van der Waals surface area contributed by atoms with Crippen LogP contribution in [0.25, 0.3) is 0 Å². The van der Waals surface area contributed by atoms with Crippen molar-refractivity contribution in [2.75, 3.05) is 13.1 Å². The van der Waals surface area contributed by atoms with E-state index in [1.54, 1.807) is 0 Å². The van der Waals surface area contributed by atoms with Crippen LogP contribution in [-0.2, 0) is 23.9 Å². The van der Waals surface area contributed by atoms with Gasteiger partial charge < -0.3 is 9.80 Å². The quantitative estimate of drug-likeness (QED) is 0.536. The van der Waals surface area contributed by atoms with E-state index in [2.05, 4.69) is 16.8 Å². The van der Waals surface area contributed by atoms with Crippen molar-refractivity contribution in [3.63, 3.8) is 0 Å². The van der Waals surface area contributed by atoms with Gasteiger partial charge in [-0.2, -0.15) is 13.2 Å². The zero-order valence-corrected chi connectivity index (χ0v) is 21.0. The molecule has 3 aliphatic heterocycles. The Morgan fingerprint density at radius 1 is 1.11 bits per heavy atom. The molecule has 1 saturated carbocycles. The van der Waals surface area contributed by atoms with Crippen LogP contribution >= 0.6 is 0 Å². The standard InChI is InChI=1S/C29H32F3N3O2/c1-18-25-14-24-21(13-22(16-33-24)29(30,31)32)17-35(25)27(37)28(18)10-7-23(15-28)34-11-8-20(9-12-34)26(36)19-5-3-2-4-6-19/h2-6,13,16,18,20,23,25H,7-12,14-15,17H2,1H3. The number of rotatable bonds is 3. The van der Waals surface area contributed by atoms with Gasteiger partial charge in [-0.1, -0.05) is 37.3 Å². The Hall–Kier alpha value is -2.74. The zero-order chi connectivity index (χ0) is 25.9. The van der Waals surface area contributed by atoms with Crippen LogP contribution in [0, 0.1) is 17.3 Å². The minimum Gasteiger partial charge on any atom is -0.334 e. The summed E-state index contributed by atoms with van der Waals surface area (Å²) in [6.07, 6.45) is 1.19. The summed E-state index contributed by atoms with van der Waals surface area (Å²) in [5, 5.41) is 0. The predicted octanol–water partition coefficient (Wildman–Crippen LogP) is 5.14. The van der Waals surface area contributed by atoms with Crippen molar-refractivity contribution in [2.24, 2.45) is 17.3 Å². The summed E-state index contributed by atoms with van der Waals surface area (Å²) in [7, 11) is 0. The van der Waals surface area contributed by atoms with E-state index < -0.39 is 17.2 Å². The highest BCUT2D eigenvalue weighted by Gasteiger charge is 2.61. The smallest absolute Gasteiger partial charge is 0.334 e. The maximum absolute atomic E-state index is 13.8. The van der Waals surface area contributed by atoms with Gasteiger partial charge in [-0.25, -0.2) is 0 Å². The highest BCUT2D eigenvalue weighted by Crippen LogP contribution is 2.55. The minimum atomic E-state index is -4.44. The van der Waals surface area contributed by atoms with Crippen LogP contribution in [0.5, 0.6) is 0 Å². The number of carbonyl (C=O) groups excluding carboxylic acids is 2. The lowest BCUT2D eigenvalue weighted by Crippen LogP contribution is -2.43. The molecule has 5 nitrogen and oxygen atoms in total. The number of hydrogen-bond acceptors (Lipinski definition) is 4. The van der Waals surface area contributed by atoms with E-state index in [0.717, 1.165) is 57.0 Å². The average molecular weight is 512 g/mol. The molecule has 4 unspecified atom stereocenters. The lowest BCUT2D eigenvalue weighted by molar-refractivity contribution is -0.138. The molecule has 196 valence electrons. The summed E-state index contributed by atoms with van der Waals surface area (Å²) in [5.74, 6) is 0.494. The third kappa shape index (κ3) is 4.08. The summed E-state index contributed by atoms with van der Waals surface area (Å²) in [4.78, 5) is 35.2. The molecule has 37 heavy (non-hydrogen) atoms. The number of aromatic nitrogens is 1. The van der Waals surface area contributed by atoms with Crippen molar-refractivity contribution in [1.82, 2.24) is 14.8 Å². The number of amides is 1. The van der Waals surface area contributed by atoms with E-state index >= 15 is 0 Å². The molecule has 1 spiro atoms. The number of carbonyl (C=O) groups is 2. The Balaban J connectivity index is 1.13. The van der Waals surface area contributed by atoms with Crippen LogP contribution in [0.15, 0.2) is 42.6 Å². The van der Waals surface area contributed by atoms with Crippen LogP contribution in [0.1, 0.15) is 66.2 Å². The molecule has 3 fully saturated rings. The van der Waals surface area contributed by atoms with Gasteiger partial charge in [-0.05, 0) is 62.7 Å². The molecule has 2 aromatic rings. The fourth-order valence-electron chi connectivity index (χ4n) is 7.47. The van der Waals surface area contributed by atoms with Crippen LogP contribution in [0.3, 0.4) is 0 Å². The molecule has 8 heteroatoms. The summed E-state index contributed by atoms with van der Waals surface area (Å²) in [5.41, 5.74) is 0.768. The maximum atomic E-state index is 13.8. The number of likely N-dealkylation sites (tertiary alicyclic amines) is 1. The van der Waals surface area contributed by atoms with Gasteiger partial charge in [0.25, 0.3) is 0 Å². The number of piperidine rings is 1. The minimum absolute atomic E-state index is 0.0165. The van der Waals surface area contributed by atoms with Crippen LogP contribution < -0.4 is 0 Å². The van der Waals surface area contributed by atoms with Crippen LogP contribution in [0.2, 0.25) is 0 Å². The number of pyridine rings is 1. The molecular formula is C29H32F3N3O2. The van der Waals surface area contributed by atoms with Crippen molar-refractivity contribution in [3.05, 3.63) is 65.0 Å².